The number of imidazole rings is 1. The van der Waals surface area contributed by atoms with Crippen molar-refractivity contribution < 1.29 is 4.74 Å². The summed E-state index contributed by atoms with van der Waals surface area (Å²) in [7, 11) is 1.76. The van der Waals surface area contributed by atoms with Crippen molar-refractivity contribution in [2.45, 2.75) is 45.7 Å². The molecular formula is C17H27N3O. The summed E-state index contributed by atoms with van der Waals surface area (Å²) in [5, 5.41) is 3.55. The highest BCUT2D eigenvalue weighted by atomic mass is 16.5. The van der Waals surface area contributed by atoms with Gasteiger partial charge < -0.3 is 14.6 Å². The third-order valence-corrected chi connectivity index (χ3v) is 3.66. The van der Waals surface area contributed by atoms with E-state index in [0.29, 0.717) is 6.04 Å². The molecule has 0 fully saturated rings. The number of nitrogens with one attached hydrogen (secondary N) is 1. The van der Waals surface area contributed by atoms with Gasteiger partial charge in [0.1, 0.15) is 5.82 Å². The maximum absolute atomic E-state index is 5.35. The second kappa shape index (κ2) is 8.15. The van der Waals surface area contributed by atoms with E-state index in [2.05, 4.69) is 48.0 Å². The number of fused-ring (bicyclic) bond motifs is 1. The Balaban J connectivity index is 2.24. The zero-order valence-electron chi connectivity index (χ0n) is 13.4. The van der Waals surface area contributed by atoms with Crippen molar-refractivity contribution in [1.29, 1.82) is 0 Å². The van der Waals surface area contributed by atoms with E-state index in [9.17, 15) is 0 Å². The van der Waals surface area contributed by atoms with Gasteiger partial charge in [-0.25, -0.2) is 4.98 Å². The van der Waals surface area contributed by atoms with Crippen LogP contribution in [-0.4, -0.2) is 35.9 Å². The SMILES string of the molecule is CCCNC(COC)Cc1nc2ccccc2n1CCC. The van der Waals surface area contributed by atoms with Crippen LogP contribution in [0.3, 0.4) is 0 Å². The van der Waals surface area contributed by atoms with E-state index >= 15 is 0 Å². The lowest BCUT2D eigenvalue weighted by Crippen LogP contribution is -2.36. The van der Waals surface area contributed by atoms with Gasteiger partial charge in [-0.3, -0.25) is 0 Å². The predicted molar refractivity (Wildman–Crippen MR) is 87.7 cm³/mol. The molecule has 0 aliphatic rings. The molecule has 2 rings (SSSR count). The summed E-state index contributed by atoms with van der Waals surface area (Å²) < 4.78 is 7.70. The Morgan fingerprint density at radius 2 is 2.05 bits per heavy atom. The number of benzene rings is 1. The fourth-order valence-electron chi connectivity index (χ4n) is 2.71. The standard InChI is InChI=1S/C17H27N3O/c1-4-10-18-14(13-21-3)12-17-19-15-8-6-7-9-16(15)20(17)11-5-2/h6-9,14,18H,4-5,10-13H2,1-3H3. The highest BCUT2D eigenvalue weighted by Crippen LogP contribution is 2.17. The molecule has 1 unspecified atom stereocenters. The molecular weight excluding hydrogens is 262 g/mol. The number of hydrogen-bond acceptors (Lipinski definition) is 3. The first-order valence-corrected chi connectivity index (χ1v) is 7.96. The van der Waals surface area contributed by atoms with Gasteiger partial charge in [-0.1, -0.05) is 26.0 Å². The maximum Gasteiger partial charge on any atom is 0.111 e. The van der Waals surface area contributed by atoms with Gasteiger partial charge >= 0.3 is 0 Å². The van der Waals surface area contributed by atoms with Crippen LogP contribution in [0.1, 0.15) is 32.5 Å². The van der Waals surface area contributed by atoms with E-state index in [0.717, 1.165) is 50.3 Å². The highest BCUT2D eigenvalue weighted by molar-refractivity contribution is 5.75. The van der Waals surface area contributed by atoms with Crippen molar-refractivity contribution >= 4 is 11.0 Å². The van der Waals surface area contributed by atoms with E-state index in [1.165, 1.54) is 5.52 Å². The topological polar surface area (TPSA) is 39.1 Å². The number of aromatic nitrogens is 2. The first kappa shape index (κ1) is 16.0. The van der Waals surface area contributed by atoms with Gasteiger partial charge in [-0.05, 0) is 31.5 Å². The summed E-state index contributed by atoms with van der Waals surface area (Å²) in [6.07, 6.45) is 3.15. The van der Waals surface area contributed by atoms with Gasteiger partial charge in [-0.15, -0.1) is 0 Å². The average molecular weight is 289 g/mol. The quantitative estimate of drug-likeness (QED) is 0.771. The first-order chi connectivity index (χ1) is 10.3. The molecule has 0 bridgehead atoms. The minimum absolute atomic E-state index is 0.322. The van der Waals surface area contributed by atoms with Crippen LogP contribution in [0, 0.1) is 0 Å². The lowest BCUT2D eigenvalue weighted by Gasteiger charge is -2.18. The van der Waals surface area contributed by atoms with Crippen molar-refractivity contribution in [3.8, 4) is 0 Å². The number of aryl methyl sites for hydroxylation is 1. The molecule has 0 spiro atoms. The zero-order chi connectivity index (χ0) is 15.1. The van der Waals surface area contributed by atoms with Crippen molar-refractivity contribution in [3.05, 3.63) is 30.1 Å². The fourth-order valence-corrected chi connectivity index (χ4v) is 2.71. The maximum atomic E-state index is 5.35. The molecule has 1 N–H and O–H groups in total. The van der Waals surface area contributed by atoms with E-state index < -0.39 is 0 Å². The Kier molecular flexibility index (Phi) is 6.21. The Morgan fingerprint density at radius 1 is 1.24 bits per heavy atom. The second-order valence-corrected chi connectivity index (χ2v) is 5.48. The molecule has 116 valence electrons. The Bertz CT molecular complexity index is 550. The fraction of sp³-hybridized carbons (Fsp3) is 0.588. The Morgan fingerprint density at radius 3 is 2.76 bits per heavy atom. The second-order valence-electron chi connectivity index (χ2n) is 5.48. The minimum Gasteiger partial charge on any atom is -0.383 e. The van der Waals surface area contributed by atoms with Gasteiger partial charge in [0.25, 0.3) is 0 Å². The molecule has 1 heterocycles. The Hall–Kier alpha value is -1.39. The van der Waals surface area contributed by atoms with Crippen molar-refractivity contribution in [2.75, 3.05) is 20.3 Å². The normalized spacial score (nSPS) is 12.9. The number of ether oxygens (including phenoxy) is 1. The third-order valence-electron chi connectivity index (χ3n) is 3.66. The zero-order valence-corrected chi connectivity index (χ0v) is 13.4. The van der Waals surface area contributed by atoms with E-state index in [4.69, 9.17) is 9.72 Å². The van der Waals surface area contributed by atoms with E-state index in [1.54, 1.807) is 7.11 Å². The van der Waals surface area contributed by atoms with Crippen molar-refractivity contribution in [2.24, 2.45) is 0 Å². The number of nitrogens with zero attached hydrogens (tertiary/aromatic N) is 2. The Labute approximate surface area is 127 Å². The number of para-hydroxylation sites is 2. The van der Waals surface area contributed by atoms with Crippen LogP contribution >= 0.6 is 0 Å². The van der Waals surface area contributed by atoms with E-state index in [1.807, 2.05) is 0 Å². The summed E-state index contributed by atoms with van der Waals surface area (Å²) >= 11 is 0. The lowest BCUT2D eigenvalue weighted by molar-refractivity contribution is 0.165. The minimum atomic E-state index is 0.322. The summed E-state index contributed by atoms with van der Waals surface area (Å²) in [5.74, 6) is 1.16. The van der Waals surface area contributed by atoms with Crippen LogP contribution in [0.2, 0.25) is 0 Å². The molecule has 2 aromatic rings. The highest BCUT2D eigenvalue weighted by Gasteiger charge is 2.15. The molecule has 21 heavy (non-hydrogen) atoms. The number of rotatable bonds is 9. The van der Waals surface area contributed by atoms with Crippen LogP contribution in [0.15, 0.2) is 24.3 Å². The molecule has 0 aliphatic carbocycles. The van der Waals surface area contributed by atoms with Gasteiger partial charge in [0, 0.05) is 26.1 Å². The smallest absolute Gasteiger partial charge is 0.111 e. The molecule has 0 saturated heterocycles. The molecule has 1 atom stereocenters. The van der Waals surface area contributed by atoms with Crippen LogP contribution in [-0.2, 0) is 17.7 Å². The third kappa shape index (κ3) is 4.05. The molecule has 4 nitrogen and oxygen atoms in total. The largest absolute Gasteiger partial charge is 0.383 e. The molecule has 0 amide bonds. The van der Waals surface area contributed by atoms with Gasteiger partial charge in [-0.2, -0.15) is 0 Å². The van der Waals surface area contributed by atoms with Crippen LogP contribution < -0.4 is 5.32 Å². The van der Waals surface area contributed by atoms with Crippen molar-refractivity contribution in [1.82, 2.24) is 14.9 Å². The molecule has 1 aromatic carbocycles. The van der Waals surface area contributed by atoms with Gasteiger partial charge in [0.2, 0.25) is 0 Å². The van der Waals surface area contributed by atoms with Crippen LogP contribution in [0.5, 0.6) is 0 Å². The van der Waals surface area contributed by atoms with Gasteiger partial charge in [0.15, 0.2) is 0 Å². The summed E-state index contributed by atoms with van der Waals surface area (Å²) in [6.45, 7) is 7.14. The summed E-state index contributed by atoms with van der Waals surface area (Å²) in [4.78, 5) is 4.83. The summed E-state index contributed by atoms with van der Waals surface area (Å²) in [5.41, 5.74) is 2.33. The first-order valence-electron chi connectivity index (χ1n) is 7.96. The molecule has 0 aliphatic heterocycles. The van der Waals surface area contributed by atoms with Crippen molar-refractivity contribution in [3.63, 3.8) is 0 Å². The lowest BCUT2D eigenvalue weighted by atomic mass is 10.2. The number of hydrogen-bond donors (Lipinski definition) is 1. The summed E-state index contributed by atoms with van der Waals surface area (Å²) in [6, 6.07) is 8.71. The molecule has 0 radical (unpaired) electrons. The molecule has 0 saturated carbocycles. The van der Waals surface area contributed by atoms with Crippen LogP contribution in [0.4, 0.5) is 0 Å². The predicted octanol–water partition coefficient (Wildman–Crippen LogP) is 3.00. The molecule has 1 aromatic heterocycles. The van der Waals surface area contributed by atoms with Crippen LogP contribution in [0.25, 0.3) is 11.0 Å². The monoisotopic (exact) mass is 289 g/mol. The van der Waals surface area contributed by atoms with E-state index in [-0.39, 0.29) is 0 Å². The average Bonchev–Trinajstić information content (AvgIpc) is 2.83. The molecule has 4 heteroatoms. The van der Waals surface area contributed by atoms with Gasteiger partial charge in [0.05, 0.1) is 17.6 Å². The number of methoxy groups -OCH3 is 1.